The molecular formula is C65H95N3O21. The van der Waals surface area contributed by atoms with Gasteiger partial charge in [-0.15, -0.1) is 12.3 Å². The molecule has 12 unspecified atom stereocenters. The number of benzene rings is 3. The van der Waals surface area contributed by atoms with Crippen LogP contribution in [0.2, 0.25) is 0 Å². The minimum absolute atomic E-state index is 0.0412. The Kier molecular flexibility index (Phi) is 25.7. The lowest BCUT2D eigenvalue weighted by Crippen LogP contribution is -2.66. The largest absolute Gasteiger partial charge is 0.394 e. The summed E-state index contributed by atoms with van der Waals surface area (Å²) in [6, 6.07) is 25.9. The number of unbranched alkanes of at least 4 members (excludes halogenated alkanes) is 1. The van der Waals surface area contributed by atoms with Gasteiger partial charge in [0, 0.05) is 12.3 Å². The van der Waals surface area contributed by atoms with Crippen LogP contribution >= 0.6 is 0 Å². The maximum absolute atomic E-state index is 12.4. The summed E-state index contributed by atoms with van der Waals surface area (Å²) in [6.07, 6.45) is -17.8. The van der Waals surface area contributed by atoms with Gasteiger partial charge < -0.3 is 119 Å². The fourth-order valence-electron chi connectivity index (χ4n) is 12.5. The minimum Gasteiger partial charge on any atom is -0.394 e. The summed E-state index contributed by atoms with van der Waals surface area (Å²) in [5.41, 5.74) is 23.0. The molecule has 0 bridgehead atoms. The van der Waals surface area contributed by atoms with Gasteiger partial charge in [-0.1, -0.05) is 112 Å². The van der Waals surface area contributed by atoms with E-state index in [9.17, 15) is 30.6 Å². The summed E-state index contributed by atoms with van der Waals surface area (Å²) in [5.74, 6) is 1.85. The first-order chi connectivity index (χ1) is 42.9. The average Bonchev–Trinajstić information content (AvgIpc) is 1.89. The third-order valence-electron chi connectivity index (χ3n) is 18.2. The van der Waals surface area contributed by atoms with Gasteiger partial charge in [-0.25, -0.2) is 0 Å². The molecule has 6 aliphatic rings. The van der Waals surface area contributed by atoms with Gasteiger partial charge in [0.25, 0.3) is 0 Å². The Bertz CT molecular complexity index is 2580. The van der Waals surface area contributed by atoms with E-state index in [0.29, 0.717) is 12.8 Å². The van der Waals surface area contributed by atoms with Crippen LogP contribution in [0.5, 0.6) is 0 Å². The molecule has 6 heterocycles. The second-order valence-electron chi connectivity index (χ2n) is 24.4. The van der Waals surface area contributed by atoms with Gasteiger partial charge in [-0.05, 0) is 62.1 Å². The summed E-state index contributed by atoms with van der Waals surface area (Å²) in [4.78, 5) is 0. The number of hydrogen-bond donors (Lipinski definition) is 9. The lowest BCUT2D eigenvalue weighted by molar-refractivity contribution is -0.375. The van der Waals surface area contributed by atoms with Crippen LogP contribution in [0.15, 0.2) is 91.0 Å². The zero-order valence-electron chi connectivity index (χ0n) is 51.6. The smallest absolute Gasteiger partial charge is 0.186 e. The van der Waals surface area contributed by atoms with Crippen molar-refractivity contribution >= 4 is 0 Å². The molecule has 0 amide bonds. The molecule has 3 aromatic rings. The normalized spacial score (nSPS) is 42.0. The Balaban J connectivity index is 0.864. The van der Waals surface area contributed by atoms with E-state index in [1.807, 2.05) is 112 Å². The van der Waals surface area contributed by atoms with E-state index in [0.717, 1.165) is 16.7 Å². The highest BCUT2D eigenvalue weighted by molar-refractivity contribution is 5.16. The Morgan fingerprint density at radius 3 is 1.29 bits per heavy atom. The monoisotopic (exact) mass is 1250 g/mol. The molecule has 0 aromatic heterocycles. The van der Waals surface area contributed by atoms with E-state index >= 15 is 0 Å². The van der Waals surface area contributed by atoms with Crippen molar-refractivity contribution in [2.75, 3.05) is 26.4 Å². The van der Waals surface area contributed by atoms with Gasteiger partial charge in [0.2, 0.25) is 0 Å². The van der Waals surface area contributed by atoms with Crippen LogP contribution in [-0.4, -0.2) is 217 Å². The highest BCUT2D eigenvalue weighted by atomic mass is 16.8. The lowest BCUT2D eigenvalue weighted by atomic mass is 9.82. The minimum atomic E-state index is -1.53. The van der Waals surface area contributed by atoms with Crippen molar-refractivity contribution in [2.45, 2.75) is 240 Å². The van der Waals surface area contributed by atoms with Crippen molar-refractivity contribution < 1.29 is 102 Å². The zero-order valence-corrected chi connectivity index (χ0v) is 51.6. The van der Waals surface area contributed by atoms with Crippen LogP contribution in [0.3, 0.4) is 0 Å². The van der Waals surface area contributed by atoms with Crippen molar-refractivity contribution in [3.63, 3.8) is 0 Å². The quantitative estimate of drug-likeness (QED) is 0.0409. The molecule has 24 heteroatoms. The average molecular weight is 1250 g/mol. The van der Waals surface area contributed by atoms with E-state index in [1.54, 1.807) is 20.8 Å². The number of terminal acetylenes is 1. The maximum atomic E-state index is 12.4. The molecule has 0 radical (unpaired) electrons. The van der Waals surface area contributed by atoms with E-state index in [1.165, 1.54) is 0 Å². The summed E-state index contributed by atoms with van der Waals surface area (Å²) < 4.78 is 96.3. The van der Waals surface area contributed by atoms with Gasteiger partial charge in [0.15, 0.2) is 37.7 Å². The number of nitrogens with two attached hydrogens (primary N) is 3. The number of aliphatic hydroxyl groups excluding tert-OH is 6. The summed E-state index contributed by atoms with van der Waals surface area (Å²) in [5, 5.41) is 68.2. The van der Waals surface area contributed by atoms with Crippen LogP contribution in [0, 0.1) is 30.1 Å². The molecule has 89 heavy (non-hydrogen) atoms. The Labute approximate surface area is 521 Å². The summed E-state index contributed by atoms with van der Waals surface area (Å²) >= 11 is 0. The predicted molar refractivity (Wildman–Crippen MR) is 318 cm³/mol. The van der Waals surface area contributed by atoms with E-state index < -0.39 is 179 Å². The van der Waals surface area contributed by atoms with Crippen LogP contribution in [0.1, 0.15) is 77.5 Å². The molecule has 29 atom stereocenters. The van der Waals surface area contributed by atoms with Gasteiger partial charge in [0.1, 0.15) is 67.1 Å². The maximum Gasteiger partial charge on any atom is 0.186 e. The molecule has 0 saturated carbocycles. The molecule has 0 aliphatic carbocycles. The highest BCUT2D eigenvalue weighted by Crippen LogP contribution is 2.40. The standard InChI is InChI=1S/C65H95N3O21/c1-8-9-19-26-75-63-50(72)57(76-31-40-20-13-10-14-21-40)55(37(5)79-63)89-62-49(68)36(4)53(47(30-71)85-62)86-65-52(74)59(78-33-42-24-17-12-18-25-42)54(38(6)81-65)87-60-43(66)27-44(46(29-70)84-60)82-64-51(73)58(77-32-41-22-15-11-16-23-41)56(39(7)80-64)88-61-48(67)35(3)34(2)45(28-69)83-61/h1,10-18,20-25,34-39,43-65,69-74H,9,19,26-33,66-68H2,2-7H3/t34-,35-,36+,37?,38?,39?,43?,44-,45?,46?,47?,48?,49?,50?,51?,52?,53-,54+,55+,56+,57-,58-,59-,60-,61-,62-,63+,64-,65-/m0/s1. The molecule has 24 nitrogen and oxygen atoms in total. The highest BCUT2D eigenvalue weighted by Gasteiger charge is 2.56. The Hall–Kier alpha value is -3.74. The topological polar surface area (TPSA) is 338 Å². The third-order valence-corrected chi connectivity index (χ3v) is 18.2. The molecule has 9 rings (SSSR count). The van der Waals surface area contributed by atoms with Gasteiger partial charge in [-0.2, -0.15) is 0 Å². The van der Waals surface area contributed by atoms with E-state index in [4.69, 9.17) is 94.7 Å². The molecule has 6 fully saturated rings. The van der Waals surface area contributed by atoms with Crippen LogP contribution in [-0.2, 0) is 90.9 Å². The predicted octanol–water partition coefficient (Wildman–Crippen LogP) is 1.85. The third kappa shape index (κ3) is 17.0. The van der Waals surface area contributed by atoms with Crippen LogP contribution < -0.4 is 17.2 Å². The van der Waals surface area contributed by atoms with Gasteiger partial charge in [0.05, 0.1) is 101 Å². The molecule has 6 aliphatic heterocycles. The van der Waals surface area contributed by atoms with Crippen molar-refractivity contribution in [2.24, 2.45) is 35.0 Å². The molecule has 3 aromatic carbocycles. The Morgan fingerprint density at radius 2 is 0.831 bits per heavy atom. The molecular weight excluding hydrogens is 1160 g/mol. The van der Waals surface area contributed by atoms with E-state index in [2.05, 4.69) is 5.92 Å². The van der Waals surface area contributed by atoms with Crippen molar-refractivity contribution in [1.82, 2.24) is 0 Å². The second-order valence-corrected chi connectivity index (χ2v) is 24.4. The SMILES string of the molecule is C#CCCCO[C@@H]1OC(C)[C@@H](O[C@@H]2OC(CO)[C@@H](O[C@@H]3OC(C)[C@@H](O[C@@H]4OC(CO)[C@@H](O[C@@H]5OC(C)[C@@H](O[C@@H]6OC(CO)[C@@H](C)[C@H](C)C6N)[C@@H](OCc6ccccc6)C5O)CC4N)[C@@H](OCc4ccccc4)C3O)[C@H](C)C2N)[C@@H](OCc2ccccc2)C1O. The summed E-state index contributed by atoms with van der Waals surface area (Å²) in [7, 11) is 0. The molecule has 12 N–H and O–H groups in total. The van der Waals surface area contributed by atoms with Crippen LogP contribution in [0.25, 0.3) is 0 Å². The van der Waals surface area contributed by atoms with Crippen molar-refractivity contribution in [3.05, 3.63) is 108 Å². The zero-order chi connectivity index (χ0) is 63.5. The lowest BCUT2D eigenvalue weighted by Gasteiger charge is -2.50. The first kappa shape index (κ1) is 69.6. The van der Waals surface area contributed by atoms with Gasteiger partial charge in [-0.3, -0.25) is 0 Å². The van der Waals surface area contributed by atoms with Crippen LogP contribution in [0.4, 0.5) is 0 Å². The number of aliphatic hydroxyl groups is 6. The fraction of sp³-hybridized carbons (Fsp3) is 0.692. The first-order valence-electron chi connectivity index (χ1n) is 31.3. The molecule has 6 saturated heterocycles. The first-order valence-corrected chi connectivity index (χ1v) is 31.3. The molecule has 496 valence electrons. The number of ether oxygens (including phenoxy) is 15. The number of rotatable bonds is 26. The van der Waals surface area contributed by atoms with Gasteiger partial charge >= 0.3 is 0 Å². The summed E-state index contributed by atoms with van der Waals surface area (Å²) in [6.45, 7) is 10.2. The molecule has 0 spiro atoms. The Morgan fingerprint density at radius 1 is 0.438 bits per heavy atom. The van der Waals surface area contributed by atoms with Crippen molar-refractivity contribution in [1.29, 1.82) is 0 Å². The van der Waals surface area contributed by atoms with Crippen molar-refractivity contribution in [3.8, 4) is 12.3 Å². The fourth-order valence-corrected chi connectivity index (χ4v) is 12.5. The second kappa shape index (κ2) is 32.9. The van der Waals surface area contributed by atoms with E-state index in [-0.39, 0.29) is 51.3 Å². The number of hydrogen-bond acceptors (Lipinski definition) is 24.